The molecule has 0 fully saturated rings. The summed E-state index contributed by atoms with van der Waals surface area (Å²) in [6, 6.07) is 15.0. The highest BCUT2D eigenvalue weighted by Gasteiger charge is 2.16. The van der Waals surface area contributed by atoms with Crippen molar-refractivity contribution < 1.29 is 0 Å². The van der Waals surface area contributed by atoms with E-state index in [2.05, 4.69) is 72.2 Å². The van der Waals surface area contributed by atoms with E-state index in [0.29, 0.717) is 0 Å². The Labute approximate surface area is 136 Å². The van der Waals surface area contributed by atoms with Crippen LogP contribution in [-0.4, -0.2) is 0 Å². The standard InChI is InChI=1S/C17H14BrClS/c1-10-7-11(2)20-17(10)16(19)14-4-3-13-9-15(18)6-5-12(13)8-14/h3-9,16H,1-2H3. The van der Waals surface area contributed by atoms with Crippen LogP contribution in [0.4, 0.5) is 0 Å². The summed E-state index contributed by atoms with van der Waals surface area (Å²) in [4.78, 5) is 2.56. The molecule has 0 aliphatic rings. The van der Waals surface area contributed by atoms with Crippen LogP contribution in [0, 0.1) is 13.8 Å². The maximum absolute atomic E-state index is 6.68. The number of halogens is 2. The fourth-order valence-corrected chi connectivity index (χ4v) is 4.32. The van der Waals surface area contributed by atoms with Gasteiger partial charge in [0.2, 0.25) is 0 Å². The lowest BCUT2D eigenvalue weighted by Crippen LogP contribution is -1.92. The number of aryl methyl sites for hydroxylation is 2. The minimum atomic E-state index is -0.0678. The van der Waals surface area contributed by atoms with Gasteiger partial charge in [0.05, 0.1) is 5.38 Å². The third kappa shape index (κ3) is 2.65. The molecule has 0 aliphatic heterocycles. The largest absolute Gasteiger partial charge is 0.143 e. The van der Waals surface area contributed by atoms with Gasteiger partial charge in [0, 0.05) is 14.2 Å². The SMILES string of the molecule is Cc1cc(C)c(C(Cl)c2ccc3cc(Br)ccc3c2)s1. The van der Waals surface area contributed by atoms with Crippen molar-refractivity contribution in [2.24, 2.45) is 0 Å². The predicted molar refractivity (Wildman–Crippen MR) is 93.1 cm³/mol. The molecule has 2 aromatic carbocycles. The first kappa shape index (κ1) is 14.1. The highest BCUT2D eigenvalue weighted by atomic mass is 79.9. The Bertz CT molecular complexity index is 776. The molecule has 0 bridgehead atoms. The molecule has 0 aliphatic carbocycles. The zero-order valence-electron chi connectivity index (χ0n) is 11.3. The Morgan fingerprint density at radius 2 is 1.70 bits per heavy atom. The van der Waals surface area contributed by atoms with E-state index in [9.17, 15) is 0 Å². The molecule has 3 heteroatoms. The zero-order chi connectivity index (χ0) is 14.3. The van der Waals surface area contributed by atoms with E-state index in [-0.39, 0.29) is 5.38 Å². The van der Waals surface area contributed by atoms with Crippen LogP contribution in [0.1, 0.15) is 26.3 Å². The number of rotatable bonds is 2. The van der Waals surface area contributed by atoms with E-state index in [1.54, 1.807) is 11.3 Å². The van der Waals surface area contributed by atoms with Crippen molar-refractivity contribution in [1.82, 2.24) is 0 Å². The van der Waals surface area contributed by atoms with Gasteiger partial charge in [0.1, 0.15) is 0 Å². The molecular weight excluding hydrogens is 352 g/mol. The number of alkyl halides is 1. The van der Waals surface area contributed by atoms with Gasteiger partial charge in [-0.25, -0.2) is 0 Å². The van der Waals surface area contributed by atoms with Crippen molar-refractivity contribution in [1.29, 1.82) is 0 Å². The Hall–Kier alpha value is -0.830. The predicted octanol–water partition coefficient (Wildman–Crippen LogP) is 6.61. The molecular formula is C17H14BrClS. The van der Waals surface area contributed by atoms with Crippen LogP contribution in [0.5, 0.6) is 0 Å². The fourth-order valence-electron chi connectivity index (χ4n) is 2.46. The van der Waals surface area contributed by atoms with Crippen LogP contribution in [0.3, 0.4) is 0 Å². The zero-order valence-corrected chi connectivity index (χ0v) is 14.4. The first-order valence-corrected chi connectivity index (χ1v) is 8.49. The van der Waals surface area contributed by atoms with Gasteiger partial charge in [-0.05, 0) is 60.0 Å². The van der Waals surface area contributed by atoms with Gasteiger partial charge < -0.3 is 0 Å². The average molecular weight is 366 g/mol. The first-order chi connectivity index (χ1) is 9.54. The monoisotopic (exact) mass is 364 g/mol. The normalized spacial score (nSPS) is 12.8. The lowest BCUT2D eigenvalue weighted by molar-refractivity contribution is 1.16. The second-order valence-electron chi connectivity index (χ2n) is 5.02. The molecule has 0 nitrogen and oxygen atoms in total. The minimum Gasteiger partial charge on any atom is -0.143 e. The van der Waals surface area contributed by atoms with Crippen molar-refractivity contribution >= 4 is 49.6 Å². The van der Waals surface area contributed by atoms with Crippen LogP contribution in [0.25, 0.3) is 10.8 Å². The minimum absolute atomic E-state index is 0.0678. The molecule has 0 N–H and O–H groups in total. The summed E-state index contributed by atoms with van der Waals surface area (Å²) in [6.45, 7) is 4.26. The maximum Gasteiger partial charge on any atom is 0.0930 e. The van der Waals surface area contributed by atoms with Crippen molar-refractivity contribution in [3.8, 4) is 0 Å². The molecule has 0 saturated carbocycles. The lowest BCUT2D eigenvalue weighted by atomic mass is 10.0. The quantitative estimate of drug-likeness (QED) is 0.448. The molecule has 102 valence electrons. The molecule has 0 spiro atoms. The van der Waals surface area contributed by atoms with E-state index >= 15 is 0 Å². The topological polar surface area (TPSA) is 0 Å². The van der Waals surface area contributed by atoms with Gasteiger partial charge in [-0.3, -0.25) is 0 Å². The van der Waals surface area contributed by atoms with Gasteiger partial charge in [-0.2, -0.15) is 0 Å². The molecule has 3 aromatic rings. The number of benzene rings is 2. The van der Waals surface area contributed by atoms with E-state index < -0.39 is 0 Å². The van der Waals surface area contributed by atoms with Crippen LogP contribution in [-0.2, 0) is 0 Å². The molecule has 0 radical (unpaired) electrons. The molecule has 3 rings (SSSR count). The Balaban J connectivity index is 2.05. The lowest BCUT2D eigenvalue weighted by Gasteiger charge is -2.11. The first-order valence-electron chi connectivity index (χ1n) is 6.45. The molecule has 1 atom stereocenters. The van der Waals surface area contributed by atoms with Crippen molar-refractivity contribution in [2.75, 3.05) is 0 Å². The van der Waals surface area contributed by atoms with Crippen molar-refractivity contribution in [2.45, 2.75) is 19.2 Å². The van der Waals surface area contributed by atoms with Gasteiger partial charge in [-0.1, -0.05) is 34.1 Å². The van der Waals surface area contributed by atoms with Gasteiger partial charge in [0.25, 0.3) is 0 Å². The second-order valence-corrected chi connectivity index (χ2v) is 7.66. The third-order valence-electron chi connectivity index (χ3n) is 3.43. The van der Waals surface area contributed by atoms with Gasteiger partial charge in [-0.15, -0.1) is 22.9 Å². The Morgan fingerprint density at radius 3 is 2.40 bits per heavy atom. The van der Waals surface area contributed by atoms with Crippen LogP contribution >= 0.6 is 38.9 Å². The summed E-state index contributed by atoms with van der Waals surface area (Å²) < 4.78 is 1.10. The van der Waals surface area contributed by atoms with E-state index in [4.69, 9.17) is 11.6 Å². The van der Waals surface area contributed by atoms with Crippen LogP contribution in [0.15, 0.2) is 46.9 Å². The summed E-state index contributed by atoms with van der Waals surface area (Å²) in [5.74, 6) is 0. The van der Waals surface area contributed by atoms with E-state index in [1.165, 1.54) is 26.1 Å². The number of hydrogen-bond donors (Lipinski definition) is 0. The van der Waals surface area contributed by atoms with Crippen LogP contribution < -0.4 is 0 Å². The van der Waals surface area contributed by atoms with E-state index in [1.807, 2.05) is 0 Å². The maximum atomic E-state index is 6.68. The molecule has 20 heavy (non-hydrogen) atoms. The van der Waals surface area contributed by atoms with Crippen molar-refractivity contribution in [3.63, 3.8) is 0 Å². The third-order valence-corrected chi connectivity index (χ3v) is 5.74. The smallest absolute Gasteiger partial charge is 0.0930 e. The fraction of sp³-hybridized carbons (Fsp3) is 0.176. The Morgan fingerprint density at radius 1 is 1.00 bits per heavy atom. The molecule has 1 aromatic heterocycles. The molecule has 0 amide bonds. The summed E-state index contributed by atoms with van der Waals surface area (Å²) in [7, 11) is 0. The summed E-state index contributed by atoms with van der Waals surface area (Å²) in [5, 5.41) is 2.38. The Kier molecular flexibility index (Phi) is 3.89. The molecule has 1 heterocycles. The van der Waals surface area contributed by atoms with Crippen molar-refractivity contribution in [3.05, 3.63) is 67.8 Å². The summed E-state index contributed by atoms with van der Waals surface area (Å²) in [6.07, 6.45) is 0. The highest BCUT2D eigenvalue weighted by molar-refractivity contribution is 9.10. The van der Waals surface area contributed by atoms with Gasteiger partial charge in [0.15, 0.2) is 0 Å². The summed E-state index contributed by atoms with van der Waals surface area (Å²) >= 11 is 12.0. The number of thiophene rings is 1. The number of fused-ring (bicyclic) bond motifs is 1. The van der Waals surface area contributed by atoms with Gasteiger partial charge >= 0.3 is 0 Å². The molecule has 1 unspecified atom stereocenters. The average Bonchev–Trinajstić information content (AvgIpc) is 2.76. The van der Waals surface area contributed by atoms with E-state index in [0.717, 1.165) is 10.0 Å². The highest BCUT2D eigenvalue weighted by Crippen LogP contribution is 2.37. The van der Waals surface area contributed by atoms with Crippen LogP contribution in [0.2, 0.25) is 0 Å². The number of hydrogen-bond acceptors (Lipinski definition) is 1. The summed E-state index contributed by atoms with van der Waals surface area (Å²) in [5.41, 5.74) is 2.44. The molecule has 0 saturated heterocycles. The second kappa shape index (κ2) is 5.51.